The highest BCUT2D eigenvalue weighted by Crippen LogP contribution is 2.44. The second-order valence-electron chi connectivity index (χ2n) is 5.69. The quantitative estimate of drug-likeness (QED) is 0.864. The molecular formula is C16H24N2O2. The number of nitrogens with one attached hydrogen (secondary N) is 1. The van der Waals surface area contributed by atoms with E-state index in [9.17, 15) is 4.79 Å². The molecule has 0 saturated heterocycles. The van der Waals surface area contributed by atoms with Crippen LogP contribution in [0.5, 0.6) is 5.75 Å². The number of carbonyl (C=O) groups is 1. The molecule has 3 N–H and O–H groups in total. The van der Waals surface area contributed by atoms with Gasteiger partial charge >= 0.3 is 0 Å². The van der Waals surface area contributed by atoms with Crippen LogP contribution < -0.4 is 15.8 Å². The summed E-state index contributed by atoms with van der Waals surface area (Å²) in [4.78, 5) is 11.8. The molecule has 1 aromatic rings. The molecule has 4 heteroatoms. The van der Waals surface area contributed by atoms with Crippen molar-refractivity contribution in [2.24, 2.45) is 5.73 Å². The Hall–Kier alpha value is -1.55. The maximum Gasteiger partial charge on any atom is 0.236 e. The van der Waals surface area contributed by atoms with Crippen LogP contribution in [-0.2, 0) is 10.2 Å². The lowest BCUT2D eigenvalue weighted by atomic mass is 9.78. The molecule has 0 bridgehead atoms. The third-order valence-corrected chi connectivity index (χ3v) is 4.25. The van der Waals surface area contributed by atoms with E-state index in [1.807, 2.05) is 18.2 Å². The van der Waals surface area contributed by atoms with Crippen LogP contribution in [0.3, 0.4) is 0 Å². The molecule has 1 aliphatic rings. The number of para-hydroxylation sites is 1. The summed E-state index contributed by atoms with van der Waals surface area (Å²) in [6.07, 6.45) is 4.53. The maximum absolute atomic E-state index is 11.8. The van der Waals surface area contributed by atoms with E-state index in [0.717, 1.165) is 18.6 Å². The monoisotopic (exact) mass is 276 g/mol. The van der Waals surface area contributed by atoms with Gasteiger partial charge in [0.1, 0.15) is 5.75 Å². The van der Waals surface area contributed by atoms with Crippen molar-refractivity contribution < 1.29 is 9.53 Å². The summed E-state index contributed by atoms with van der Waals surface area (Å²) in [5.74, 6) is 0.815. The van der Waals surface area contributed by atoms with Crippen LogP contribution in [0.25, 0.3) is 0 Å². The standard InChI is InChI=1S/C16H24N2O2/c1-12(17)15(19)18-11-16(9-5-6-10-16)13-7-3-4-8-14(13)20-2/h3-4,7-8,12H,5-6,9-11,17H2,1-2H3,(H,18,19)/t12-/m0/s1. The van der Waals surface area contributed by atoms with Crippen molar-refractivity contribution >= 4 is 5.91 Å². The highest BCUT2D eigenvalue weighted by Gasteiger charge is 2.38. The molecule has 0 unspecified atom stereocenters. The number of rotatable bonds is 5. The van der Waals surface area contributed by atoms with Crippen molar-refractivity contribution in [3.8, 4) is 5.75 Å². The number of amides is 1. The fraction of sp³-hybridized carbons (Fsp3) is 0.562. The van der Waals surface area contributed by atoms with Crippen molar-refractivity contribution in [3.63, 3.8) is 0 Å². The minimum Gasteiger partial charge on any atom is -0.496 e. The average molecular weight is 276 g/mol. The van der Waals surface area contributed by atoms with Gasteiger partial charge in [-0.2, -0.15) is 0 Å². The van der Waals surface area contributed by atoms with Crippen LogP contribution in [0.15, 0.2) is 24.3 Å². The Kier molecular flexibility index (Phi) is 4.65. The van der Waals surface area contributed by atoms with Crippen LogP contribution in [0.4, 0.5) is 0 Å². The minimum atomic E-state index is -0.467. The zero-order valence-corrected chi connectivity index (χ0v) is 12.3. The predicted molar refractivity (Wildman–Crippen MR) is 79.8 cm³/mol. The summed E-state index contributed by atoms with van der Waals surface area (Å²) in [5, 5.41) is 3.00. The van der Waals surface area contributed by atoms with Crippen LogP contribution in [-0.4, -0.2) is 25.6 Å². The van der Waals surface area contributed by atoms with Crippen LogP contribution in [0, 0.1) is 0 Å². The molecule has 110 valence electrons. The first-order chi connectivity index (χ1) is 9.59. The molecule has 4 nitrogen and oxygen atoms in total. The molecule has 2 rings (SSSR count). The van der Waals surface area contributed by atoms with Crippen LogP contribution in [0.2, 0.25) is 0 Å². The molecule has 0 heterocycles. The molecule has 1 aromatic carbocycles. The van der Waals surface area contributed by atoms with Gasteiger partial charge in [-0.15, -0.1) is 0 Å². The van der Waals surface area contributed by atoms with E-state index in [2.05, 4.69) is 11.4 Å². The van der Waals surface area contributed by atoms with Gasteiger partial charge in [0.25, 0.3) is 0 Å². The summed E-state index contributed by atoms with van der Waals surface area (Å²) in [6, 6.07) is 7.65. The van der Waals surface area contributed by atoms with Crippen molar-refractivity contribution in [1.29, 1.82) is 0 Å². The Balaban J connectivity index is 2.23. The van der Waals surface area contributed by atoms with Gasteiger partial charge in [0.05, 0.1) is 13.2 Å². The van der Waals surface area contributed by atoms with Crippen molar-refractivity contribution in [3.05, 3.63) is 29.8 Å². The first kappa shape index (κ1) is 14.9. The molecule has 0 spiro atoms. The van der Waals surface area contributed by atoms with E-state index in [1.54, 1.807) is 14.0 Å². The van der Waals surface area contributed by atoms with Crippen molar-refractivity contribution in [2.75, 3.05) is 13.7 Å². The smallest absolute Gasteiger partial charge is 0.236 e. The van der Waals surface area contributed by atoms with Gasteiger partial charge in [0, 0.05) is 17.5 Å². The molecule has 1 amide bonds. The summed E-state index contributed by atoms with van der Waals surface area (Å²) in [6.45, 7) is 2.34. The van der Waals surface area contributed by atoms with E-state index < -0.39 is 6.04 Å². The van der Waals surface area contributed by atoms with Gasteiger partial charge in [-0.3, -0.25) is 4.79 Å². The Morgan fingerprint density at radius 1 is 1.40 bits per heavy atom. The molecule has 0 aromatic heterocycles. The topological polar surface area (TPSA) is 64.3 Å². The SMILES string of the molecule is COc1ccccc1C1(CNC(=O)[C@H](C)N)CCCC1. The van der Waals surface area contributed by atoms with E-state index in [1.165, 1.54) is 18.4 Å². The largest absolute Gasteiger partial charge is 0.496 e. The molecule has 1 aliphatic carbocycles. The number of ether oxygens (including phenoxy) is 1. The number of benzene rings is 1. The fourth-order valence-electron chi connectivity index (χ4n) is 3.09. The van der Waals surface area contributed by atoms with Crippen LogP contribution in [0.1, 0.15) is 38.2 Å². The predicted octanol–water partition coefficient (Wildman–Crippen LogP) is 1.97. The number of hydrogen-bond donors (Lipinski definition) is 2. The Labute approximate surface area is 120 Å². The molecule has 20 heavy (non-hydrogen) atoms. The van der Waals surface area contributed by atoms with Gasteiger partial charge in [-0.05, 0) is 25.8 Å². The summed E-state index contributed by atoms with van der Waals surface area (Å²) in [7, 11) is 1.70. The van der Waals surface area contributed by atoms with Gasteiger partial charge in [0.2, 0.25) is 5.91 Å². The molecule has 1 atom stereocenters. The lowest BCUT2D eigenvalue weighted by molar-refractivity contribution is -0.122. The number of methoxy groups -OCH3 is 1. The first-order valence-electron chi connectivity index (χ1n) is 7.26. The lowest BCUT2D eigenvalue weighted by Crippen LogP contribution is -2.45. The van der Waals surface area contributed by atoms with Crippen LogP contribution >= 0.6 is 0 Å². The molecule has 1 saturated carbocycles. The summed E-state index contributed by atoms with van der Waals surface area (Å²) >= 11 is 0. The van der Waals surface area contributed by atoms with Gasteiger partial charge in [-0.25, -0.2) is 0 Å². The van der Waals surface area contributed by atoms with E-state index >= 15 is 0 Å². The number of hydrogen-bond acceptors (Lipinski definition) is 3. The van der Waals surface area contributed by atoms with Gasteiger partial charge < -0.3 is 15.8 Å². The number of nitrogens with two attached hydrogens (primary N) is 1. The van der Waals surface area contributed by atoms with E-state index in [4.69, 9.17) is 10.5 Å². The normalized spacial score (nSPS) is 18.6. The third kappa shape index (κ3) is 2.96. The minimum absolute atomic E-state index is 0.0167. The van der Waals surface area contributed by atoms with E-state index in [0.29, 0.717) is 6.54 Å². The molecule has 1 fully saturated rings. The third-order valence-electron chi connectivity index (χ3n) is 4.25. The van der Waals surface area contributed by atoms with Gasteiger partial charge in [0.15, 0.2) is 0 Å². The molecular weight excluding hydrogens is 252 g/mol. The molecule has 0 radical (unpaired) electrons. The summed E-state index contributed by atoms with van der Waals surface area (Å²) < 4.78 is 5.50. The highest BCUT2D eigenvalue weighted by atomic mass is 16.5. The second kappa shape index (κ2) is 6.27. The maximum atomic E-state index is 11.8. The van der Waals surface area contributed by atoms with Gasteiger partial charge in [-0.1, -0.05) is 31.0 Å². The Morgan fingerprint density at radius 3 is 2.65 bits per heavy atom. The Bertz CT molecular complexity index is 465. The second-order valence-corrected chi connectivity index (χ2v) is 5.69. The zero-order chi connectivity index (χ0) is 14.6. The lowest BCUT2D eigenvalue weighted by Gasteiger charge is -2.31. The Morgan fingerprint density at radius 2 is 2.05 bits per heavy atom. The van der Waals surface area contributed by atoms with Crippen molar-refractivity contribution in [1.82, 2.24) is 5.32 Å². The zero-order valence-electron chi connectivity index (χ0n) is 12.3. The first-order valence-corrected chi connectivity index (χ1v) is 7.26. The van der Waals surface area contributed by atoms with E-state index in [-0.39, 0.29) is 11.3 Å². The average Bonchev–Trinajstić information content (AvgIpc) is 2.94. The summed E-state index contributed by atoms with van der Waals surface area (Å²) in [5.41, 5.74) is 6.80. The van der Waals surface area contributed by atoms with Crippen molar-refractivity contribution in [2.45, 2.75) is 44.1 Å². The highest BCUT2D eigenvalue weighted by molar-refractivity contribution is 5.81. The fourth-order valence-corrected chi connectivity index (χ4v) is 3.09. The number of carbonyl (C=O) groups excluding carboxylic acids is 1. The molecule has 0 aliphatic heterocycles.